The zero-order valence-corrected chi connectivity index (χ0v) is 16.5. The fourth-order valence-corrected chi connectivity index (χ4v) is 3.40. The minimum Gasteiger partial charge on any atom is -0.404 e. The number of halogens is 5. The fourth-order valence-electron chi connectivity index (χ4n) is 3.40. The van der Waals surface area contributed by atoms with E-state index in [1.165, 1.54) is 35.8 Å². The summed E-state index contributed by atoms with van der Waals surface area (Å²) in [5, 5.41) is 3.85. The molecule has 8 nitrogen and oxygen atoms in total. The molecule has 3 aromatic rings. The number of aromatic nitrogens is 5. The molecule has 2 N–H and O–H groups in total. The largest absolute Gasteiger partial charge is 0.419 e. The molecule has 3 aromatic heterocycles. The van der Waals surface area contributed by atoms with E-state index in [9.17, 15) is 22.0 Å². The quantitative estimate of drug-likeness (QED) is 0.610. The van der Waals surface area contributed by atoms with Crippen LogP contribution in [0.15, 0.2) is 47.5 Å². The van der Waals surface area contributed by atoms with Crippen molar-refractivity contribution >= 4 is 28.5 Å². The van der Waals surface area contributed by atoms with E-state index in [1.54, 1.807) is 0 Å². The summed E-state index contributed by atoms with van der Waals surface area (Å²) >= 11 is 0. The predicted octanol–water partition coefficient (Wildman–Crippen LogP) is 3.33. The summed E-state index contributed by atoms with van der Waals surface area (Å²) in [5.41, 5.74) is 6.40. The number of aliphatic imine (C=N–C) groups is 1. The summed E-state index contributed by atoms with van der Waals surface area (Å²) in [5.74, 6) is -0.0272. The van der Waals surface area contributed by atoms with Crippen molar-refractivity contribution in [3.63, 3.8) is 0 Å². The number of alkyl halides is 5. The van der Waals surface area contributed by atoms with Crippen LogP contribution < -0.4 is 10.6 Å². The Bertz CT molecular complexity index is 1180. The van der Waals surface area contributed by atoms with Gasteiger partial charge in [0.1, 0.15) is 17.9 Å². The molecular weight excluding hydrogens is 435 g/mol. The molecule has 13 heteroatoms. The topological polar surface area (TPSA) is 98.1 Å². The second kappa shape index (κ2) is 8.48. The maximum Gasteiger partial charge on any atom is 0.419 e. The fraction of sp³-hybridized carbons (Fsp3) is 0.316. The van der Waals surface area contributed by atoms with Gasteiger partial charge in [0, 0.05) is 37.5 Å². The molecule has 1 fully saturated rings. The molecule has 0 saturated carbocycles. The molecule has 0 atom stereocenters. The Morgan fingerprint density at radius 2 is 2.03 bits per heavy atom. The Labute approximate surface area is 178 Å². The van der Waals surface area contributed by atoms with E-state index in [0.717, 1.165) is 10.7 Å². The molecule has 1 aliphatic rings. The van der Waals surface area contributed by atoms with E-state index in [-0.39, 0.29) is 36.8 Å². The van der Waals surface area contributed by atoms with Gasteiger partial charge in [-0.05, 0) is 12.1 Å². The van der Waals surface area contributed by atoms with E-state index in [0.29, 0.717) is 16.8 Å². The van der Waals surface area contributed by atoms with Crippen LogP contribution in [0.1, 0.15) is 12.0 Å². The Morgan fingerprint density at radius 1 is 1.22 bits per heavy atom. The third kappa shape index (κ3) is 4.36. The van der Waals surface area contributed by atoms with Gasteiger partial charge in [-0.15, -0.1) is 0 Å². The van der Waals surface area contributed by atoms with Gasteiger partial charge in [-0.1, -0.05) is 0 Å². The zero-order chi connectivity index (χ0) is 22.9. The second-order valence-corrected chi connectivity index (χ2v) is 6.95. The average Bonchev–Trinajstić information content (AvgIpc) is 3.15. The lowest BCUT2D eigenvalue weighted by Crippen LogP contribution is -2.38. The summed E-state index contributed by atoms with van der Waals surface area (Å²) in [6.45, 7) is -0.351. The number of nitrogens with two attached hydrogens (primary N) is 1. The van der Waals surface area contributed by atoms with Crippen LogP contribution in [-0.2, 0) is 12.7 Å². The molecule has 4 rings (SSSR count). The van der Waals surface area contributed by atoms with Crippen LogP contribution in [0.5, 0.6) is 0 Å². The van der Waals surface area contributed by atoms with Crippen LogP contribution in [0.3, 0.4) is 0 Å². The smallest absolute Gasteiger partial charge is 0.404 e. The van der Waals surface area contributed by atoms with Crippen molar-refractivity contribution in [2.75, 3.05) is 18.0 Å². The number of rotatable bonds is 4. The number of piperidine rings is 1. The van der Waals surface area contributed by atoms with Crippen LogP contribution in [0.4, 0.5) is 33.6 Å². The lowest BCUT2D eigenvalue weighted by molar-refractivity contribution is -0.137. The number of hydrogen-bond donors (Lipinski definition) is 1. The van der Waals surface area contributed by atoms with E-state index in [4.69, 9.17) is 5.73 Å². The molecular formula is C19H17F5N8. The molecule has 0 unspecified atom stereocenters. The lowest BCUT2D eigenvalue weighted by Gasteiger charge is -2.32. The van der Waals surface area contributed by atoms with Gasteiger partial charge in [-0.3, -0.25) is 0 Å². The summed E-state index contributed by atoms with van der Waals surface area (Å²) in [4.78, 5) is 18.2. The number of fused-ring (bicyclic) bond motifs is 1. The molecule has 0 amide bonds. The highest BCUT2D eigenvalue weighted by atomic mass is 19.4. The van der Waals surface area contributed by atoms with Crippen LogP contribution in [0.25, 0.3) is 11.2 Å². The lowest BCUT2D eigenvalue weighted by atomic mass is 10.0. The van der Waals surface area contributed by atoms with Crippen molar-refractivity contribution in [3.8, 4) is 0 Å². The minimum atomic E-state index is -4.54. The van der Waals surface area contributed by atoms with E-state index < -0.39 is 24.7 Å². The monoisotopic (exact) mass is 452 g/mol. The third-order valence-electron chi connectivity index (χ3n) is 4.84. The van der Waals surface area contributed by atoms with Gasteiger partial charge in [0.15, 0.2) is 11.5 Å². The number of pyridine rings is 1. The molecule has 168 valence electrons. The number of anilines is 1. The molecule has 32 heavy (non-hydrogen) atoms. The van der Waals surface area contributed by atoms with Crippen LogP contribution in [0.2, 0.25) is 0 Å². The molecule has 0 radical (unpaired) electrons. The first-order valence-corrected chi connectivity index (χ1v) is 9.49. The first-order valence-electron chi connectivity index (χ1n) is 9.49. The zero-order valence-electron chi connectivity index (χ0n) is 16.5. The molecule has 0 aliphatic carbocycles. The van der Waals surface area contributed by atoms with Gasteiger partial charge in [-0.2, -0.15) is 18.3 Å². The first-order chi connectivity index (χ1) is 15.3. The Balaban J connectivity index is 1.61. The summed E-state index contributed by atoms with van der Waals surface area (Å²) < 4.78 is 66.6. The van der Waals surface area contributed by atoms with Crippen molar-refractivity contribution in [1.29, 1.82) is 0 Å². The van der Waals surface area contributed by atoms with Crippen molar-refractivity contribution in [2.24, 2.45) is 10.7 Å². The third-order valence-corrected chi connectivity index (χ3v) is 4.84. The predicted molar refractivity (Wildman–Crippen MR) is 107 cm³/mol. The molecule has 1 aliphatic heterocycles. The number of hydrogen-bond acceptors (Lipinski definition) is 7. The van der Waals surface area contributed by atoms with Gasteiger partial charge in [0.25, 0.3) is 6.43 Å². The van der Waals surface area contributed by atoms with Gasteiger partial charge < -0.3 is 10.6 Å². The maximum absolute atomic E-state index is 13.4. The Kier molecular flexibility index (Phi) is 5.72. The van der Waals surface area contributed by atoms with Gasteiger partial charge in [0.2, 0.25) is 0 Å². The molecule has 4 heterocycles. The second-order valence-electron chi connectivity index (χ2n) is 6.95. The maximum atomic E-state index is 13.4. The minimum absolute atomic E-state index is 0.0639. The van der Waals surface area contributed by atoms with Gasteiger partial charge in [0.05, 0.1) is 23.7 Å². The molecule has 0 bridgehead atoms. The van der Waals surface area contributed by atoms with E-state index in [2.05, 4.69) is 25.0 Å². The van der Waals surface area contributed by atoms with E-state index in [1.807, 2.05) is 0 Å². The number of nitrogens with zero attached hydrogens (tertiary/aromatic N) is 7. The first kappa shape index (κ1) is 21.6. The van der Waals surface area contributed by atoms with Crippen molar-refractivity contribution in [2.45, 2.75) is 25.6 Å². The van der Waals surface area contributed by atoms with E-state index >= 15 is 0 Å². The highest BCUT2D eigenvalue weighted by Crippen LogP contribution is 2.36. The highest BCUT2D eigenvalue weighted by molar-refractivity contribution is 6.03. The Hall–Kier alpha value is -3.64. The van der Waals surface area contributed by atoms with Crippen LogP contribution >= 0.6 is 0 Å². The normalized spacial score (nSPS) is 17.8. The molecule has 1 saturated heterocycles. The summed E-state index contributed by atoms with van der Waals surface area (Å²) in [7, 11) is 0. The molecule has 0 aromatic carbocycles. The van der Waals surface area contributed by atoms with Crippen molar-refractivity contribution in [3.05, 3.63) is 48.1 Å². The van der Waals surface area contributed by atoms with Crippen LogP contribution in [-0.4, -0.2) is 50.0 Å². The SMILES string of the molecule is NC=C1CN(c2ncccc2C(F)(F)F)CCC1=Nc1cnc2cnn(CC(F)F)c2n1. The standard InChI is InChI=1S/C19H17F5N8/c20-15(21)10-32-18-14(7-28-32)27-8-16(30-18)29-13-3-5-31(9-11(13)6-25)17-12(19(22,23)24)2-1-4-26-17/h1-2,4,6-8,15H,3,5,9-10,25H2. The summed E-state index contributed by atoms with van der Waals surface area (Å²) in [6, 6.07) is 2.21. The van der Waals surface area contributed by atoms with Crippen LogP contribution in [0, 0.1) is 0 Å². The van der Waals surface area contributed by atoms with Gasteiger partial charge >= 0.3 is 6.18 Å². The average molecular weight is 452 g/mol. The highest BCUT2D eigenvalue weighted by Gasteiger charge is 2.36. The summed E-state index contributed by atoms with van der Waals surface area (Å²) in [6.07, 6.45) is -1.62. The van der Waals surface area contributed by atoms with Gasteiger partial charge in [-0.25, -0.2) is 33.4 Å². The Morgan fingerprint density at radius 3 is 2.75 bits per heavy atom. The van der Waals surface area contributed by atoms with Crippen molar-refractivity contribution < 1.29 is 22.0 Å². The molecule has 0 spiro atoms. The van der Waals surface area contributed by atoms with Crippen molar-refractivity contribution in [1.82, 2.24) is 24.7 Å².